The molecule has 1 aromatic carbocycles. The summed E-state index contributed by atoms with van der Waals surface area (Å²) in [5, 5.41) is 0.274. The van der Waals surface area contributed by atoms with Gasteiger partial charge in [0.2, 0.25) is 0 Å². The quantitative estimate of drug-likeness (QED) is 0.615. The number of hydrogen-bond acceptors (Lipinski definition) is 2. The molecule has 1 rings (SSSR count). The summed E-state index contributed by atoms with van der Waals surface area (Å²) in [6.07, 6.45) is -0.0991. The molecule has 0 unspecified atom stereocenters. The first-order valence-electron chi connectivity index (χ1n) is 3.75. The van der Waals surface area contributed by atoms with Crippen LogP contribution in [0.1, 0.15) is 5.56 Å². The van der Waals surface area contributed by atoms with Crippen LogP contribution >= 0.6 is 27.5 Å². The maximum atomic E-state index is 13.2. The van der Waals surface area contributed by atoms with Crippen LogP contribution in [0.3, 0.4) is 0 Å². The molecular formula is C9H7BrClFO2. The zero-order chi connectivity index (χ0) is 10.7. The third-order valence-electron chi connectivity index (χ3n) is 1.65. The van der Waals surface area contributed by atoms with Crippen LogP contribution in [0.15, 0.2) is 16.6 Å². The molecule has 14 heavy (non-hydrogen) atoms. The van der Waals surface area contributed by atoms with E-state index in [1.807, 2.05) is 0 Å². The van der Waals surface area contributed by atoms with Crippen molar-refractivity contribution in [3.8, 4) is 0 Å². The monoisotopic (exact) mass is 280 g/mol. The molecule has 76 valence electrons. The largest absolute Gasteiger partial charge is 0.469 e. The third-order valence-corrected chi connectivity index (χ3v) is 2.85. The maximum absolute atomic E-state index is 13.2. The molecule has 0 fully saturated rings. The van der Waals surface area contributed by atoms with E-state index in [2.05, 4.69) is 20.7 Å². The lowest BCUT2D eigenvalue weighted by atomic mass is 10.1. The Labute approximate surface area is 94.1 Å². The van der Waals surface area contributed by atoms with Crippen LogP contribution in [0.5, 0.6) is 0 Å². The number of rotatable bonds is 2. The lowest BCUT2D eigenvalue weighted by Gasteiger charge is -2.04. The van der Waals surface area contributed by atoms with Gasteiger partial charge in [0, 0.05) is 10.0 Å². The van der Waals surface area contributed by atoms with Crippen molar-refractivity contribution >= 4 is 33.5 Å². The summed E-state index contributed by atoms with van der Waals surface area (Å²) in [5.74, 6) is -0.998. The number of benzene rings is 1. The molecule has 0 atom stereocenters. The smallest absolute Gasteiger partial charge is 0.310 e. The van der Waals surface area contributed by atoms with Gasteiger partial charge in [-0.3, -0.25) is 4.79 Å². The molecule has 1 aromatic rings. The predicted octanol–water partition coefficient (Wildman–Crippen LogP) is 2.96. The number of methoxy groups -OCH3 is 1. The maximum Gasteiger partial charge on any atom is 0.310 e. The average Bonchev–Trinajstić information content (AvgIpc) is 2.14. The minimum Gasteiger partial charge on any atom is -0.469 e. The van der Waals surface area contributed by atoms with Gasteiger partial charge < -0.3 is 4.74 Å². The summed E-state index contributed by atoms with van der Waals surface area (Å²) in [6, 6.07) is 2.62. The molecule has 0 spiro atoms. The minimum absolute atomic E-state index is 0.0991. The van der Waals surface area contributed by atoms with Crippen molar-refractivity contribution in [2.24, 2.45) is 0 Å². The summed E-state index contributed by atoms with van der Waals surface area (Å²) < 4.78 is 18.2. The molecule has 0 aliphatic carbocycles. The normalized spacial score (nSPS) is 10.0. The SMILES string of the molecule is COC(=O)Cc1cc(Br)c(Cl)cc1F. The predicted molar refractivity (Wildman–Crippen MR) is 54.8 cm³/mol. The zero-order valence-corrected chi connectivity index (χ0v) is 9.65. The first kappa shape index (κ1) is 11.5. The molecule has 0 N–H and O–H groups in total. The van der Waals surface area contributed by atoms with Gasteiger partial charge in [0.25, 0.3) is 0 Å². The van der Waals surface area contributed by atoms with E-state index in [9.17, 15) is 9.18 Å². The molecule has 0 aromatic heterocycles. The molecule has 0 bridgehead atoms. The molecule has 0 saturated heterocycles. The molecule has 0 aliphatic heterocycles. The highest BCUT2D eigenvalue weighted by atomic mass is 79.9. The van der Waals surface area contributed by atoms with E-state index in [4.69, 9.17) is 11.6 Å². The number of esters is 1. The molecule has 0 aliphatic rings. The topological polar surface area (TPSA) is 26.3 Å². The van der Waals surface area contributed by atoms with Gasteiger partial charge >= 0.3 is 5.97 Å². The molecule has 2 nitrogen and oxygen atoms in total. The average molecular weight is 282 g/mol. The second kappa shape index (κ2) is 4.75. The van der Waals surface area contributed by atoms with Gasteiger partial charge in [0.05, 0.1) is 18.6 Å². The third kappa shape index (κ3) is 2.69. The Morgan fingerprint density at radius 3 is 2.86 bits per heavy atom. The van der Waals surface area contributed by atoms with Gasteiger partial charge in [-0.05, 0) is 28.1 Å². The van der Waals surface area contributed by atoms with Gasteiger partial charge in [-0.2, -0.15) is 0 Å². The fourth-order valence-electron chi connectivity index (χ4n) is 0.927. The molecule has 5 heteroatoms. The Morgan fingerprint density at radius 2 is 2.29 bits per heavy atom. The van der Waals surface area contributed by atoms with E-state index in [1.54, 1.807) is 0 Å². The van der Waals surface area contributed by atoms with Crippen LogP contribution < -0.4 is 0 Å². The van der Waals surface area contributed by atoms with Gasteiger partial charge in [0.1, 0.15) is 5.82 Å². The number of carbonyl (C=O) groups is 1. The van der Waals surface area contributed by atoms with Crippen LogP contribution in [0.4, 0.5) is 4.39 Å². The van der Waals surface area contributed by atoms with Gasteiger partial charge in [-0.1, -0.05) is 11.6 Å². The van der Waals surface area contributed by atoms with Crippen LogP contribution in [-0.4, -0.2) is 13.1 Å². The Bertz CT molecular complexity index is 368. The Hall–Kier alpha value is -0.610. The Balaban J connectivity index is 2.98. The lowest BCUT2D eigenvalue weighted by Crippen LogP contribution is -2.06. The van der Waals surface area contributed by atoms with Crippen molar-refractivity contribution in [2.75, 3.05) is 7.11 Å². The highest BCUT2D eigenvalue weighted by Gasteiger charge is 2.10. The van der Waals surface area contributed by atoms with Gasteiger partial charge in [0.15, 0.2) is 0 Å². The van der Waals surface area contributed by atoms with Crippen molar-refractivity contribution in [3.63, 3.8) is 0 Å². The van der Waals surface area contributed by atoms with E-state index in [-0.39, 0.29) is 17.0 Å². The van der Waals surface area contributed by atoms with Gasteiger partial charge in [-0.25, -0.2) is 4.39 Å². The molecule has 0 heterocycles. The fourth-order valence-corrected chi connectivity index (χ4v) is 1.47. The summed E-state index contributed by atoms with van der Waals surface area (Å²) >= 11 is 8.79. The van der Waals surface area contributed by atoms with Crippen LogP contribution in [-0.2, 0) is 16.0 Å². The van der Waals surface area contributed by atoms with E-state index in [1.165, 1.54) is 13.2 Å². The van der Waals surface area contributed by atoms with E-state index < -0.39 is 11.8 Å². The van der Waals surface area contributed by atoms with Crippen LogP contribution in [0, 0.1) is 5.82 Å². The van der Waals surface area contributed by atoms with Crippen molar-refractivity contribution in [1.29, 1.82) is 0 Å². The van der Waals surface area contributed by atoms with Crippen molar-refractivity contribution < 1.29 is 13.9 Å². The zero-order valence-electron chi connectivity index (χ0n) is 7.31. The van der Waals surface area contributed by atoms with Crippen molar-refractivity contribution in [2.45, 2.75) is 6.42 Å². The minimum atomic E-state index is -0.511. The summed E-state index contributed by atoms with van der Waals surface area (Å²) in [5.41, 5.74) is 0.258. The number of ether oxygens (including phenoxy) is 1. The summed E-state index contributed by atoms with van der Waals surface area (Å²) in [4.78, 5) is 10.9. The second-order valence-corrected chi connectivity index (χ2v) is 3.87. The van der Waals surface area contributed by atoms with Crippen LogP contribution in [0.25, 0.3) is 0 Å². The molecule has 0 amide bonds. The van der Waals surface area contributed by atoms with Crippen molar-refractivity contribution in [3.05, 3.63) is 33.0 Å². The Kier molecular flexibility index (Phi) is 3.89. The second-order valence-electron chi connectivity index (χ2n) is 2.61. The van der Waals surface area contributed by atoms with E-state index in [0.29, 0.717) is 4.47 Å². The highest BCUT2D eigenvalue weighted by molar-refractivity contribution is 9.10. The molecular weight excluding hydrogens is 274 g/mol. The Morgan fingerprint density at radius 1 is 1.64 bits per heavy atom. The van der Waals surface area contributed by atoms with E-state index >= 15 is 0 Å². The van der Waals surface area contributed by atoms with Crippen molar-refractivity contribution in [1.82, 2.24) is 0 Å². The van der Waals surface area contributed by atoms with E-state index in [0.717, 1.165) is 6.07 Å². The number of halogens is 3. The number of hydrogen-bond donors (Lipinski definition) is 0. The molecule has 0 saturated carbocycles. The molecule has 0 radical (unpaired) electrons. The number of carbonyl (C=O) groups excluding carboxylic acids is 1. The first-order valence-corrected chi connectivity index (χ1v) is 4.92. The first-order chi connectivity index (χ1) is 6.54. The van der Waals surface area contributed by atoms with Crippen LogP contribution in [0.2, 0.25) is 5.02 Å². The highest BCUT2D eigenvalue weighted by Crippen LogP contribution is 2.25. The fraction of sp³-hybridized carbons (Fsp3) is 0.222. The summed E-state index contributed by atoms with van der Waals surface area (Å²) in [6.45, 7) is 0. The van der Waals surface area contributed by atoms with Gasteiger partial charge in [-0.15, -0.1) is 0 Å². The standard InChI is InChI=1S/C9H7BrClFO2/c1-14-9(13)3-5-2-6(10)7(11)4-8(5)12/h2,4H,3H2,1H3. The summed E-state index contributed by atoms with van der Waals surface area (Å²) in [7, 11) is 1.26. The lowest BCUT2D eigenvalue weighted by molar-refractivity contribution is -0.139.